The Bertz CT molecular complexity index is 432. The van der Waals surface area contributed by atoms with Gasteiger partial charge in [-0.1, -0.05) is 39.0 Å². The van der Waals surface area contributed by atoms with Gasteiger partial charge < -0.3 is 11.1 Å². The van der Waals surface area contributed by atoms with Crippen molar-refractivity contribution < 1.29 is 39.1 Å². The fourth-order valence-corrected chi connectivity index (χ4v) is 2.00. The molecule has 0 aliphatic rings. The van der Waals surface area contributed by atoms with Crippen LogP contribution in [-0.2, 0) is 0 Å². The van der Waals surface area contributed by atoms with Gasteiger partial charge in [-0.15, -0.1) is 0 Å². The molecule has 5 heteroatoms. The Hall–Kier alpha value is -0.840. The maximum atomic E-state index is 11.8. The minimum Gasteiger partial charge on any atom is -0.366 e. The normalized spacial score (nSPS) is 9.76. The minimum atomic E-state index is -0.482. The molecule has 0 fully saturated rings. The molecule has 4 nitrogen and oxygen atoms in total. The van der Waals surface area contributed by atoms with Gasteiger partial charge in [-0.3, -0.25) is 9.59 Å². The monoisotopic (exact) mass is 299 g/mol. The van der Waals surface area contributed by atoms with Crippen molar-refractivity contribution in [3.05, 3.63) is 35.4 Å². The van der Waals surface area contributed by atoms with E-state index in [9.17, 15) is 9.59 Å². The molecule has 0 heterocycles. The molecule has 0 aliphatic carbocycles. The maximum Gasteiger partial charge on any atom is 1.00 e. The van der Waals surface area contributed by atoms with E-state index in [1.54, 1.807) is 24.3 Å². The van der Waals surface area contributed by atoms with Crippen LogP contribution in [0.15, 0.2) is 24.3 Å². The smallest absolute Gasteiger partial charge is 0.366 e. The molecule has 0 aliphatic heterocycles. The summed E-state index contributed by atoms with van der Waals surface area (Å²) in [6, 6.07) is 6.39. The van der Waals surface area contributed by atoms with Gasteiger partial charge in [-0.2, -0.15) is 0 Å². The summed E-state index contributed by atoms with van der Waals surface area (Å²) in [6.07, 6.45) is 7.21. The number of nitrogens with two attached hydrogens (primary N) is 1. The zero-order valence-corrected chi connectivity index (χ0v) is 15.2. The van der Waals surface area contributed by atoms with E-state index < -0.39 is 5.91 Å². The van der Waals surface area contributed by atoms with E-state index in [0.717, 1.165) is 12.8 Å². The van der Waals surface area contributed by atoms with Crippen molar-refractivity contribution in [2.24, 2.45) is 5.73 Å². The van der Waals surface area contributed by atoms with Crippen LogP contribution in [-0.4, -0.2) is 18.4 Å². The number of carbonyl (C=O) groups is 2. The number of unbranched alkanes of at least 4 members (excludes halogenated alkanes) is 5. The van der Waals surface area contributed by atoms with Crippen molar-refractivity contribution >= 4 is 11.8 Å². The number of hydrogen-bond acceptors (Lipinski definition) is 2. The molecular formula is C16H24N2NaO2+. The van der Waals surface area contributed by atoms with E-state index in [4.69, 9.17) is 5.73 Å². The summed E-state index contributed by atoms with van der Waals surface area (Å²) in [5.74, 6) is -0.585. The van der Waals surface area contributed by atoms with Gasteiger partial charge in [0.2, 0.25) is 5.91 Å². The molecule has 0 bridgehead atoms. The second-order valence-corrected chi connectivity index (χ2v) is 4.97. The Morgan fingerprint density at radius 1 is 0.952 bits per heavy atom. The Labute approximate surface area is 149 Å². The minimum absolute atomic E-state index is 0. The van der Waals surface area contributed by atoms with Gasteiger partial charge in [0, 0.05) is 17.7 Å². The van der Waals surface area contributed by atoms with Crippen LogP contribution in [0.5, 0.6) is 0 Å². The summed E-state index contributed by atoms with van der Waals surface area (Å²) in [7, 11) is 0. The van der Waals surface area contributed by atoms with Crippen LogP contribution in [0.4, 0.5) is 0 Å². The van der Waals surface area contributed by atoms with Crippen molar-refractivity contribution in [3.8, 4) is 0 Å². The standard InChI is InChI=1S/C16H24N2O2.Na/c1-2-3-4-5-6-7-12-18-16(20)14-10-8-13(9-11-14)15(17)19;/h8-11H,2-7,12H2,1H3,(H2,17,19)(H,18,20);/q;+1. The Kier molecular flexibility index (Phi) is 11.3. The van der Waals surface area contributed by atoms with Crippen LogP contribution >= 0.6 is 0 Å². The van der Waals surface area contributed by atoms with Crippen molar-refractivity contribution in [1.82, 2.24) is 5.32 Å². The fourth-order valence-electron chi connectivity index (χ4n) is 2.00. The fraction of sp³-hybridized carbons (Fsp3) is 0.500. The summed E-state index contributed by atoms with van der Waals surface area (Å²) in [4.78, 5) is 22.8. The van der Waals surface area contributed by atoms with Crippen molar-refractivity contribution in [3.63, 3.8) is 0 Å². The quantitative estimate of drug-likeness (QED) is 0.493. The summed E-state index contributed by atoms with van der Waals surface area (Å²) in [5.41, 5.74) is 6.12. The molecule has 0 radical (unpaired) electrons. The Balaban J connectivity index is 0.00000400. The first-order valence-corrected chi connectivity index (χ1v) is 7.33. The third kappa shape index (κ3) is 8.24. The number of benzene rings is 1. The molecule has 1 rings (SSSR count). The molecule has 0 saturated heterocycles. The SMILES string of the molecule is CCCCCCCCNC(=O)c1ccc(C(N)=O)cc1.[Na+]. The molecule has 1 aromatic carbocycles. The van der Waals surface area contributed by atoms with E-state index >= 15 is 0 Å². The third-order valence-corrected chi connectivity index (χ3v) is 3.25. The van der Waals surface area contributed by atoms with Gasteiger partial charge in [0.1, 0.15) is 0 Å². The Morgan fingerprint density at radius 2 is 1.48 bits per heavy atom. The number of primary amides is 1. The van der Waals surface area contributed by atoms with Gasteiger partial charge in [-0.25, -0.2) is 0 Å². The number of carbonyl (C=O) groups excluding carboxylic acids is 2. The molecular weight excluding hydrogens is 275 g/mol. The van der Waals surface area contributed by atoms with E-state index in [1.807, 2.05) is 0 Å². The van der Waals surface area contributed by atoms with Crippen LogP contribution in [0.25, 0.3) is 0 Å². The number of nitrogens with one attached hydrogen (secondary N) is 1. The van der Waals surface area contributed by atoms with E-state index in [0.29, 0.717) is 17.7 Å². The summed E-state index contributed by atoms with van der Waals surface area (Å²) in [6.45, 7) is 2.90. The van der Waals surface area contributed by atoms with Crippen molar-refractivity contribution in [2.45, 2.75) is 45.4 Å². The molecule has 1 aromatic rings. The number of hydrogen-bond donors (Lipinski definition) is 2. The van der Waals surface area contributed by atoms with Crippen molar-refractivity contribution in [1.29, 1.82) is 0 Å². The van der Waals surface area contributed by atoms with Crippen molar-refractivity contribution in [2.75, 3.05) is 6.54 Å². The van der Waals surface area contributed by atoms with Crippen LogP contribution < -0.4 is 40.6 Å². The van der Waals surface area contributed by atoms with Crippen LogP contribution in [0, 0.1) is 0 Å². The van der Waals surface area contributed by atoms with Crippen LogP contribution in [0.3, 0.4) is 0 Å². The molecule has 0 unspecified atom stereocenters. The Morgan fingerprint density at radius 3 is 2.05 bits per heavy atom. The number of rotatable bonds is 9. The average Bonchev–Trinajstić information content (AvgIpc) is 2.46. The molecule has 0 atom stereocenters. The van der Waals surface area contributed by atoms with Crippen LogP contribution in [0.1, 0.15) is 66.2 Å². The number of amides is 2. The first-order valence-electron chi connectivity index (χ1n) is 7.33. The third-order valence-electron chi connectivity index (χ3n) is 3.25. The summed E-state index contributed by atoms with van der Waals surface area (Å²) in [5, 5.41) is 2.88. The second kappa shape index (κ2) is 11.8. The summed E-state index contributed by atoms with van der Waals surface area (Å²) < 4.78 is 0. The molecule has 0 saturated carbocycles. The van der Waals surface area contributed by atoms with E-state index in [2.05, 4.69) is 12.2 Å². The first-order chi connectivity index (χ1) is 9.65. The predicted octanol–water partition coefficient (Wildman–Crippen LogP) is -0.120. The predicted molar refractivity (Wildman–Crippen MR) is 80.7 cm³/mol. The van der Waals surface area contributed by atoms with E-state index in [-0.39, 0.29) is 35.5 Å². The topological polar surface area (TPSA) is 72.2 Å². The van der Waals surface area contributed by atoms with Crippen LogP contribution in [0.2, 0.25) is 0 Å². The average molecular weight is 299 g/mol. The zero-order valence-electron chi connectivity index (χ0n) is 13.2. The largest absolute Gasteiger partial charge is 1.00 e. The molecule has 2 amide bonds. The maximum absolute atomic E-state index is 11.8. The molecule has 0 aromatic heterocycles. The molecule has 21 heavy (non-hydrogen) atoms. The molecule has 3 N–H and O–H groups in total. The van der Waals surface area contributed by atoms with Gasteiger partial charge in [-0.05, 0) is 30.7 Å². The van der Waals surface area contributed by atoms with Gasteiger partial charge in [0.05, 0.1) is 0 Å². The summed E-state index contributed by atoms with van der Waals surface area (Å²) >= 11 is 0. The van der Waals surface area contributed by atoms with Gasteiger partial charge in [0.15, 0.2) is 0 Å². The van der Waals surface area contributed by atoms with E-state index in [1.165, 1.54) is 25.7 Å². The zero-order chi connectivity index (χ0) is 14.8. The first kappa shape index (κ1) is 20.2. The van der Waals surface area contributed by atoms with Gasteiger partial charge >= 0.3 is 29.6 Å². The molecule has 0 spiro atoms. The second-order valence-electron chi connectivity index (χ2n) is 4.97. The molecule has 110 valence electrons. The van der Waals surface area contributed by atoms with Gasteiger partial charge in [0.25, 0.3) is 5.91 Å².